The van der Waals surface area contributed by atoms with Gasteiger partial charge in [-0.15, -0.1) is 0 Å². The lowest BCUT2D eigenvalue weighted by atomic mass is 10.0. The van der Waals surface area contributed by atoms with Crippen molar-refractivity contribution in [2.45, 2.75) is 40.0 Å². The minimum absolute atomic E-state index is 0.0764. The first-order valence-corrected chi connectivity index (χ1v) is 7.09. The maximum atomic E-state index is 11.5. The van der Waals surface area contributed by atoms with Gasteiger partial charge in [-0.2, -0.15) is 0 Å². The standard InChI is InChI=1S/C16H26N2O/c1-12(2)11-18-16(19)17-10-9-14-5-7-15(8-6-14)13(3)4/h5-8,12-13H,9-11H2,1-4H3,(H2,17,18,19). The molecule has 0 saturated carbocycles. The normalized spacial score (nSPS) is 10.8. The zero-order valence-corrected chi connectivity index (χ0v) is 12.5. The molecule has 0 aliphatic rings. The topological polar surface area (TPSA) is 41.1 Å². The monoisotopic (exact) mass is 262 g/mol. The van der Waals surface area contributed by atoms with E-state index < -0.39 is 0 Å². The molecular weight excluding hydrogens is 236 g/mol. The maximum absolute atomic E-state index is 11.5. The summed E-state index contributed by atoms with van der Waals surface area (Å²) in [5.41, 5.74) is 2.61. The van der Waals surface area contributed by atoms with Crippen LogP contribution in [0.5, 0.6) is 0 Å². The van der Waals surface area contributed by atoms with Gasteiger partial charge in [0, 0.05) is 13.1 Å². The first-order valence-electron chi connectivity index (χ1n) is 7.09. The fraction of sp³-hybridized carbons (Fsp3) is 0.562. The van der Waals surface area contributed by atoms with E-state index in [0.29, 0.717) is 18.4 Å². The molecule has 0 atom stereocenters. The molecule has 3 heteroatoms. The van der Waals surface area contributed by atoms with E-state index in [9.17, 15) is 4.79 Å². The third-order valence-corrected chi connectivity index (χ3v) is 3.02. The van der Waals surface area contributed by atoms with Gasteiger partial charge in [0.15, 0.2) is 0 Å². The summed E-state index contributed by atoms with van der Waals surface area (Å²) in [7, 11) is 0. The Labute approximate surface area is 116 Å². The van der Waals surface area contributed by atoms with E-state index in [1.54, 1.807) is 0 Å². The Balaban J connectivity index is 2.27. The Kier molecular flexibility index (Phi) is 6.40. The van der Waals surface area contributed by atoms with Gasteiger partial charge in [-0.1, -0.05) is 52.0 Å². The minimum atomic E-state index is -0.0764. The van der Waals surface area contributed by atoms with Crippen molar-refractivity contribution in [2.24, 2.45) is 5.92 Å². The van der Waals surface area contributed by atoms with Crippen LogP contribution in [0.4, 0.5) is 4.79 Å². The van der Waals surface area contributed by atoms with Gasteiger partial charge < -0.3 is 10.6 Å². The number of nitrogens with one attached hydrogen (secondary N) is 2. The van der Waals surface area contributed by atoms with Crippen LogP contribution >= 0.6 is 0 Å². The fourth-order valence-electron chi connectivity index (χ4n) is 1.75. The van der Waals surface area contributed by atoms with Crippen molar-refractivity contribution in [1.82, 2.24) is 10.6 Å². The second kappa shape index (κ2) is 7.82. The number of urea groups is 1. The predicted octanol–water partition coefficient (Wildman–Crippen LogP) is 3.31. The molecule has 2 amide bonds. The van der Waals surface area contributed by atoms with Crippen LogP contribution in [-0.4, -0.2) is 19.1 Å². The van der Waals surface area contributed by atoms with E-state index in [1.165, 1.54) is 11.1 Å². The molecule has 0 aromatic heterocycles. The molecule has 106 valence electrons. The molecule has 0 spiro atoms. The van der Waals surface area contributed by atoms with E-state index in [-0.39, 0.29) is 6.03 Å². The number of carbonyl (C=O) groups excluding carboxylic acids is 1. The number of carbonyl (C=O) groups is 1. The Bertz CT molecular complexity index is 382. The average molecular weight is 262 g/mol. The number of amides is 2. The van der Waals surface area contributed by atoms with Gasteiger partial charge in [-0.3, -0.25) is 0 Å². The molecule has 0 saturated heterocycles. The summed E-state index contributed by atoms with van der Waals surface area (Å²) >= 11 is 0. The van der Waals surface area contributed by atoms with Gasteiger partial charge in [0.1, 0.15) is 0 Å². The molecule has 0 aliphatic heterocycles. The molecule has 19 heavy (non-hydrogen) atoms. The van der Waals surface area contributed by atoms with Gasteiger partial charge in [-0.25, -0.2) is 4.79 Å². The summed E-state index contributed by atoms with van der Waals surface area (Å²) in [5.74, 6) is 1.04. The molecule has 0 unspecified atom stereocenters. The van der Waals surface area contributed by atoms with Crippen molar-refractivity contribution >= 4 is 6.03 Å². The molecule has 0 radical (unpaired) electrons. The second-order valence-corrected chi connectivity index (χ2v) is 5.68. The van der Waals surface area contributed by atoms with Crippen molar-refractivity contribution in [1.29, 1.82) is 0 Å². The zero-order valence-electron chi connectivity index (χ0n) is 12.5. The third-order valence-electron chi connectivity index (χ3n) is 3.02. The van der Waals surface area contributed by atoms with E-state index >= 15 is 0 Å². The van der Waals surface area contributed by atoms with Crippen LogP contribution in [0.15, 0.2) is 24.3 Å². The summed E-state index contributed by atoms with van der Waals surface area (Å²) in [6, 6.07) is 8.54. The molecule has 2 N–H and O–H groups in total. The highest BCUT2D eigenvalue weighted by atomic mass is 16.2. The van der Waals surface area contributed by atoms with Crippen LogP contribution in [-0.2, 0) is 6.42 Å². The number of hydrogen-bond donors (Lipinski definition) is 2. The number of rotatable bonds is 6. The highest BCUT2D eigenvalue weighted by molar-refractivity contribution is 5.73. The van der Waals surface area contributed by atoms with Crippen molar-refractivity contribution in [2.75, 3.05) is 13.1 Å². The van der Waals surface area contributed by atoms with Gasteiger partial charge in [0.05, 0.1) is 0 Å². The largest absolute Gasteiger partial charge is 0.338 e. The van der Waals surface area contributed by atoms with Crippen molar-refractivity contribution in [3.63, 3.8) is 0 Å². The van der Waals surface area contributed by atoms with Crippen LogP contribution < -0.4 is 10.6 Å². The molecule has 0 fully saturated rings. The summed E-state index contributed by atoms with van der Waals surface area (Å²) in [6.45, 7) is 9.93. The molecule has 0 bridgehead atoms. The van der Waals surface area contributed by atoms with Crippen LogP contribution in [0, 0.1) is 5.92 Å². The second-order valence-electron chi connectivity index (χ2n) is 5.68. The smallest absolute Gasteiger partial charge is 0.314 e. The molecule has 1 aromatic carbocycles. The van der Waals surface area contributed by atoms with Crippen molar-refractivity contribution in [3.8, 4) is 0 Å². The Hall–Kier alpha value is -1.51. The molecule has 0 aliphatic carbocycles. The average Bonchev–Trinajstić information content (AvgIpc) is 2.37. The predicted molar refractivity (Wildman–Crippen MR) is 80.5 cm³/mol. The molecule has 1 rings (SSSR count). The lowest BCUT2D eigenvalue weighted by Crippen LogP contribution is -2.38. The van der Waals surface area contributed by atoms with Crippen LogP contribution in [0.2, 0.25) is 0 Å². The lowest BCUT2D eigenvalue weighted by Gasteiger charge is -2.10. The van der Waals surface area contributed by atoms with E-state index in [1.807, 2.05) is 0 Å². The summed E-state index contributed by atoms with van der Waals surface area (Å²) < 4.78 is 0. The molecule has 0 heterocycles. The van der Waals surface area contributed by atoms with Gasteiger partial charge in [0.2, 0.25) is 0 Å². The minimum Gasteiger partial charge on any atom is -0.338 e. The summed E-state index contributed by atoms with van der Waals surface area (Å²) in [4.78, 5) is 11.5. The van der Waals surface area contributed by atoms with E-state index in [4.69, 9.17) is 0 Å². The quantitative estimate of drug-likeness (QED) is 0.811. The molecular formula is C16H26N2O. The number of benzene rings is 1. The van der Waals surface area contributed by atoms with Crippen molar-refractivity contribution in [3.05, 3.63) is 35.4 Å². The van der Waals surface area contributed by atoms with E-state index in [2.05, 4.69) is 62.6 Å². The molecule has 1 aromatic rings. The maximum Gasteiger partial charge on any atom is 0.314 e. The first kappa shape index (κ1) is 15.5. The number of hydrogen-bond acceptors (Lipinski definition) is 1. The highest BCUT2D eigenvalue weighted by Crippen LogP contribution is 2.14. The summed E-state index contributed by atoms with van der Waals surface area (Å²) in [5, 5.41) is 5.72. The Morgan fingerprint density at radius 1 is 1.05 bits per heavy atom. The Morgan fingerprint density at radius 2 is 1.68 bits per heavy atom. The van der Waals surface area contributed by atoms with Crippen LogP contribution in [0.3, 0.4) is 0 Å². The van der Waals surface area contributed by atoms with Crippen molar-refractivity contribution < 1.29 is 4.79 Å². The van der Waals surface area contributed by atoms with Gasteiger partial charge in [-0.05, 0) is 29.4 Å². The zero-order chi connectivity index (χ0) is 14.3. The third kappa shape index (κ3) is 6.27. The van der Waals surface area contributed by atoms with Crippen LogP contribution in [0.1, 0.15) is 44.7 Å². The first-order chi connectivity index (χ1) is 8.99. The SMILES string of the molecule is CC(C)CNC(=O)NCCc1ccc(C(C)C)cc1. The van der Waals surface area contributed by atoms with Gasteiger partial charge >= 0.3 is 6.03 Å². The highest BCUT2D eigenvalue weighted by Gasteiger charge is 2.02. The molecule has 3 nitrogen and oxygen atoms in total. The fourth-order valence-corrected chi connectivity index (χ4v) is 1.75. The summed E-state index contributed by atoms with van der Waals surface area (Å²) in [6.07, 6.45) is 0.869. The van der Waals surface area contributed by atoms with Gasteiger partial charge in [0.25, 0.3) is 0 Å². The lowest BCUT2D eigenvalue weighted by molar-refractivity contribution is 0.239. The Morgan fingerprint density at radius 3 is 2.21 bits per heavy atom. The van der Waals surface area contributed by atoms with E-state index in [0.717, 1.165) is 13.0 Å². The van der Waals surface area contributed by atoms with Crippen LogP contribution in [0.25, 0.3) is 0 Å².